The van der Waals surface area contributed by atoms with E-state index >= 15 is 0 Å². The summed E-state index contributed by atoms with van der Waals surface area (Å²) < 4.78 is 0. The van der Waals surface area contributed by atoms with E-state index in [1.165, 1.54) is 0 Å². The lowest BCUT2D eigenvalue weighted by Gasteiger charge is -2.29. The molecule has 70 valence electrons. The lowest BCUT2D eigenvalue weighted by molar-refractivity contribution is -0.141. The van der Waals surface area contributed by atoms with Gasteiger partial charge in [-0.2, -0.15) is 0 Å². The van der Waals surface area contributed by atoms with Crippen molar-refractivity contribution in [2.75, 3.05) is 13.1 Å². The fourth-order valence-electron chi connectivity index (χ4n) is 2.15. The molecule has 1 aliphatic heterocycles. The van der Waals surface area contributed by atoms with Crippen molar-refractivity contribution in [3.63, 3.8) is 0 Å². The van der Waals surface area contributed by atoms with Crippen molar-refractivity contribution in [1.29, 1.82) is 0 Å². The van der Waals surface area contributed by atoms with E-state index in [0.29, 0.717) is 25.9 Å². The van der Waals surface area contributed by atoms with Gasteiger partial charge in [0.1, 0.15) is 0 Å². The van der Waals surface area contributed by atoms with Gasteiger partial charge < -0.3 is 5.32 Å². The first-order valence-corrected chi connectivity index (χ1v) is 4.48. The molecule has 4 heteroatoms. The summed E-state index contributed by atoms with van der Waals surface area (Å²) in [5.41, 5.74) is -0.928. The topological polar surface area (TPSA) is 63.2 Å². The van der Waals surface area contributed by atoms with Crippen molar-refractivity contribution in [3.05, 3.63) is 0 Å². The van der Waals surface area contributed by atoms with Gasteiger partial charge in [0.05, 0.1) is 11.8 Å². The van der Waals surface area contributed by atoms with Crippen molar-refractivity contribution >= 4 is 17.3 Å². The van der Waals surface area contributed by atoms with Crippen LogP contribution < -0.4 is 5.32 Å². The molecule has 0 amide bonds. The van der Waals surface area contributed by atoms with E-state index in [0.717, 1.165) is 0 Å². The minimum Gasteiger partial charge on any atom is -0.317 e. The standard InChI is InChI=1S/C9H11NO3/c11-6-5-7(12)9(8(6)13)1-3-10-4-2-9/h10H,1-5H2. The van der Waals surface area contributed by atoms with Gasteiger partial charge in [0.2, 0.25) is 11.6 Å². The molecule has 1 saturated heterocycles. The highest BCUT2D eigenvalue weighted by Crippen LogP contribution is 2.37. The molecule has 2 aliphatic rings. The van der Waals surface area contributed by atoms with E-state index in [4.69, 9.17) is 0 Å². The Hall–Kier alpha value is -1.03. The fourth-order valence-corrected chi connectivity index (χ4v) is 2.15. The molecule has 2 fully saturated rings. The molecule has 2 rings (SSSR count). The van der Waals surface area contributed by atoms with Crippen LogP contribution in [-0.4, -0.2) is 30.4 Å². The van der Waals surface area contributed by atoms with E-state index in [2.05, 4.69) is 5.32 Å². The lowest BCUT2D eigenvalue weighted by atomic mass is 9.76. The van der Waals surface area contributed by atoms with Crippen LogP contribution in [0.1, 0.15) is 19.3 Å². The zero-order valence-corrected chi connectivity index (χ0v) is 7.26. The number of Topliss-reactive ketones (excluding diaryl/α,β-unsaturated/α-hetero) is 3. The molecule has 4 nitrogen and oxygen atoms in total. The smallest absolute Gasteiger partial charge is 0.212 e. The fraction of sp³-hybridized carbons (Fsp3) is 0.667. The second-order valence-corrected chi connectivity index (χ2v) is 3.68. The number of hydrogen-bond acceptors (Lipinski definition) is 4. The summed E-state index contributed by atoms with van der Waals surface area (Å²) in [6.07, 6.45) is 0.825. The van der Waals surface area contributed by atoms with Crippen LogP contribution in [0.15, 0.2) is 0 Å². The highest BCUT2D eigenvalue weighted by molar-refractivity contribution is 6.51. The summed E-state index contributed by atoms with van der Waals surface area (Å²) in [4.78, 5) is 34.1. The summed E-state index contributed by atoms with van der Waals surface area (Å²) in [5, 5.41) is 3.08. The molecule has 0 radical (unpaired) electrons. The molecule has 0 unspecified atom stereocenters. The van der Waals surface area contributed by atoms with Crippen LogP contribution in [0.5, 0.6) is 0 Å². The van der Waals surface area contributed by atoms with Crippen molar-refractivity contribution in [2.45, 2.75) is 19.3 Å². The second-order valence-electron chi connectivity index (χ2n) is 3.68. The third-order valence-electron chi connectivity index (χ3n) is 3.00. The van der Waals surface area contributed by atoms with Gasteiger partial charge in [-0.25, -0.2) is 0 Å². The predicted molar refractivity (Wildman–Crippen MR) is 44.2 cm³/mol. The Morgan fingerprint density at radius 3 is 2.15 bits per heavy atom. The van der Waals surface area contributed by atoms with E-state index in [9.17, 15) is 14.4 Å². The van der Waals surface area contributed by atoms with Crippen molar-refractivity contribution in [2.24, 2.45) is 5.41 Å². The Bertz CT molecular complexity index is 289. The molecule has 1 N–H and O–H groups in total. The molecule has 0 aromatic rings. The van der Waals surface area contributed by atoms with E-state index in [1.807, 2.05) is 0 Å². The first-order valence-electron chi connectivity index (χ1n) is 4.48. The molecule has 0 atom stereocenters. The van der Waals surface area contributed by atoms with Crippen LogP contribution in [0.3, 0.4) is 0 Å². The van der Waals surface area contributed by atoms with E-state index in [1.54, 1.807) is 0 Å². The number of hydrogen-bond donors (Lipinski definition) is 1. The van der Waals surface area contributed by atoms with Gasteiger partial charge in [-0.1, -0.05) is 0 Å². The van der Waals surface area contributed by atoms with Crippen molar-refractivity contribution in [3.8, 4) is 0 Å². The van der Waals surface area contributed by atoms with Gasteiger partial charge >= 0.3 is 0 Å². The molecule has 1 heterocycles. The third kappa shape index (κ3) is 1.05. The zero-order chi connectivity index (χ0) is 9.47. The molecular formula is C9H11NO3. The molecule has 1 saturated carbocycles. The second kappa shape index (κ2) is 2.73. The molecule has 13 heavy (non-hydrogen) atoms. The van der Waals surface area contributed by atoms with Gasteiger partial charge in [0, 0.05) is 0 Å². The number of ketones is 3. The van der Waals surface area contributed by atoms with Gasteiger partial charge in [-0.15, -0.1) is 0 Å². The van der Waals surface area contributed by atoms with Crippen molar-refractivity contribution in [1.82, 2.24) is 5.32 Å². The Balaban J connectivity index is 2.33. The van der Waals surface area contributed by atoms with Gasteiger partial charge in [0.25, 0.3) is 0 Å². The first-order chi connectivity index (χ1) is 6.17. The first kappa shape index (κ1) is 8.56. The third-order valence-corrected chi connectivity index (χ3v) is 3.00. The number of carbonyl (C=O) groups is 3. The molecule has 1 spiro atoms. The van der Waals surface area contributed by atoms with Crippen LogP contribution in [0, 0.1) is 5.41 Å². The van der Waals surface area contributed by atoms with Crippen LogP contribution in [0.25, 0.3) is 0 Å². The van der Waals surface area contributed by atoms with Gasteiger partial charge in [-0.3, -0.25) is 14.4 Å². The SMILES string of the molecule is O=C1CC(=O)C2(CCNCC2)C1=O. The van der Waals surface area contributed by atoms with Crippen LogP contribution in [0.2, 0.25) is 0 Å². The minimum absolute atomic E-state index is 0.163. The average Bonchev–Trinajstić information content (AvgIpc) is 2.34. The van der Waals surface area contributed by atoms with E-state index < -0.39 is 17.0 Å². The summed E-state index contributed by atoms with van der Waals surface area (Å²) >= 11 is 0. The molecule has 0 aromatic carbocycles. The lowest BCUT2D eigenvalue weighted by Crippen LogP contribution is -2.44. The Morgan fingerprint density at radius 1 is 1.08 bits per heavy atom. The van der Waals surface area contributed by atoms with Crippen LogP contribution in [0.4, 0.5) is 0 Å². The summed E-state index contributed by atoms with van der Waals surface area (Å²) in [6.45, 7) is 1.32. The van der Waals surface area contributed by atoms with Crippen LogP contribution >= 0.6 is 0 Å². The van der Waals surface area contributed by atoms with Crippen LogP contribution in [-0.2, 0) is 14.4 Å². The maximum absolute atomic E-state index is 11.5. The molecular weight excluding hydrogens is 170 g/mol. The summed E-state index contributed by atoms with van der Waals surface area (Å²) in [6, 6.07) is 0. The molecule has 0 aromatic heterocycles. The Kier molecular flexibility index (Phi) is 1.80. The predicted octanol–water partition coefficient (Wildman–Crippen LogP) is -0.533. The van der Waals surface area contributed by atoms with Gasteiger partial charge in [-0.05, 0) is 25.9 Å². The Morgan fingerprint density at radius 2 is 1.69 bits per heavy atom. The number of piperidine rings is 1. The maximum Gasteiger partial charge on any atom is 0.212 e. The average molecular weight is 181 g/mol. The summed E-state index contributed by atoms with van der Waals surface area (Å²) in [5.74, 6) is -1.10. The molecule has 0 bridgehead atoms. The normalized spacial score (nSPS) is 27.2. The number of rotatable bonds is 0. The maximum atomic E-state index is 11.5. The van der Waals surface area contributed by atoms with Crippen molar-refractivity contribution < 1.29 is 14.4 Å². The highest BCUT2D eigenvalue weighted by atomic mass is 16.2. The monoisotopic (exact) mass is 181 g/mol. The number of nitrogens with one attached hydrogen (secondary N) is 1. The highest BCUT2D eigenvalue weighted by Gasteiger charge is 2.54. The van der Waals surface area contributed by atoms with Gasteiger partial charge in [0.15, 0.2) is 5.78 Å². The number of carbonyl (C=O) groups excluding carboxylic acids is 3. The zero-order valence-electron chi connectivity index (χ0n) is 7.26. The largest absolute Gasteiger partial charge is 0.317 e. The Labute approximate surface area is 75.7 Å². The molecule has 1 aliphatic carbocycles. The van der Waals surface area contributed by atoms with E-state index in [-0.39, 0.29) is 12.2 Å². The quantitative estimate of drug-likeness (QED) is 0.403. The minimum atomic E-state index is -0.928. The summed E-state index contributed by atoms with van der Waals surface area (Å²) in [7, 11) is 0.